The number of thioether (sulfide) groups is 1. The molecule has 1 saturated heterocycles. The van der Waals surface area contributed by atoms with Gasteiger partial charge in [-0.15, -0.1) is 0 Å². The molecule has 0 aromatic carbocycles. The zero-order valence-corrected chi connectivity index (χ0v) is 12.9. The molecule has 1 aliphatic heterocycles. The van der Waals surface area contributed by atoms with E-state index in [0.29, 0.717) is 0 Å². The lowest BCUT2D eigenvalue weighted by atomic mass is 9.83. The molecule has 0 bridgehead atoms. The van der Waals surface area contributed by atoms with E-state index < -0.39 is 0 Å². The molecule has 0 radical (unpaired) electrons. The third kappa shape index (κ3) is 2.76. The average Bonchev–Trinajstić information content (AvgIpc) is 2.35. The number of hydrogen-bond donors (Lipinski definition) is 1. The van der Waals surface area contributed by atoms with Crippen molar-refractivity contribution in [1.82, 2.24) is 10.2 Å². The summed E-state index contributed by atoms with van der Waals surface area (Å²) in [6.07, 6.45) is 7.31. The van der Waals surface area contributed by atoms with E-state index in [1.807, 2.05) is 30.5 Å². The lowest BCUT2D eigenvalue weighted by Crippen LogP contribution is -2.65. The molecule has 19 heavy (non-hydrogen) atoms. The number of amides is 2. The van der Waals surface area contributed by atoms with Crippen LogP contribution in [0.4, 0.5) is 0 Å². The van der Waals surface area contributed by atoms with Gasteiger partial charge in [0, 0.05) is 11.3 Å². The van der Waals surface area contributed by atoms with Gasteiger partial charge in [0.15, 0.2) is 0 Å². The minimum atomic E-state index is -0.328. The second-order valence-electron chi connectivity index (χ2n) is 5.73. The minimum Gasteiger partial charge on any atom is -0.343 e. The largest absolute Gasteiger partial charge is 0.343 e. The summed E-state index contributed by atoms with van der Waals surface area (Å²) in [5.74, 6) is 0.0999. The highest BCUT2D eigenvalue weighted by molar-refractivity contribution is 8.00. The van der Waals surface area contributed by atoms with Gasteiger partial charge < -0.3 is 10.2 Å². The summed E-state index contributed by atoms with van der Waals surface area (Å²) < 4.78 is 0.193. The molecule has 108 valence electrons. The molecule has 2 atom stereocenters. The van der Waals surface area contributed by atoms with Gasteiger partial charge in [0.2, 0.25) is 11.8 Å². The van der Waals surface area contributed by atoms with Gasteiger partial charge in [-0.25, -0.2) is 0 Å². The number of carbonyl (C=O) groups is 2. The minimum absolute atomic E-state index is 0.00590. The molecule has 2 unspecified atom stereocenters. The Morgan fingerprint density at radius 2 is 2.11 bits per heavy atom. The van der Waals surface area contributed by atoms with Crippen LogP contribution in [0.5, 0.6) is 0 Å². The van der Waals surface area contributed by atoms with Crippen LogP contribution in [0.15, 0.2) is 0 Å². The van der Waals surface area contributed by atoms with E-state index in [-0.39, 0.29) is 28.6 Å². The van der Waals surface area contributed by atoms with Crippen molar-refractivity contribution in [2.75, 3.05) is 12.8 Å². The van der Waals surface area contributed by atoms with Gasteiger partial charge in [-0.2, -0.15) is 11.8 Å². The molecule has 2 amide bonds. The SMILES string of the molecule is CCCC1NC(=O)C(C)N(CC2(SC)CCC2)C1=O. The van der Waals surface area contributed by atoms with Crippen LogP contribution in [0.1, 0.15) is 46.0 Å². The van der Waals surface area contributed by atoms with Crippen LogP contribution in [0.3, 0.4) is 0 Å². The Kier molecular flexibility index (Phi) is 4.43. The van der Waals surface area contributed by atoms with Gasteiger partial charge in [-0.3, -0.25) is 9.59 Å². The van der Waals surface area contributed by atoms with Crippen LogP contribution in [-0.2, 0) is 9.59 Å². The molecule has 0 spiro atoms. The van der Waals surface area contributed by atoms with E-state index in [2.05, 4.69) is 11.6 Å². The standard InChI is InChI=1S/C14H24N2O2S/c1-4-6-11-13(18)16(10(2)12(17)15-11)9-14(19-3)7-5-8-14/h10-11H,4-9H2,1-3H3,(H,15,17). The van der Waals surface area contributed by atoms with Crippen molar-refractivity contribution in [2.45, 2.75) is 62.8 Å². The fraction of sp³-hybridized carbons (Fsp3) is 0.857. The van der Waals surface area contributed by atoms with Gasteiger partial charge >= 0.3 is 0 Å². The Labute approximate surface area is 119 Å². The predicted molar refractivity (Wildman–Crippen MR) is 78.1 cm³/mol. The molecular weight excluding hydrogens is 260 g/mol. The molecule has 5 heteroatoms. The Hall–Kier alpha value is -0.710. The zero-order chi connectivity index (χ0) is 14.0. The summed E-state index contributed by atoms with van der Waals surface area (Å²) >= 11 is 1.85. The van der Waals surface area contributed by atoms with Gasteiger partial charge in [0.1, 0.15) is 12.1 Å². The smallest absolute Gasteiger partial charge is 0.245 e. The van der Waals surface area contributed by atoms with Crippen molar-refractivity contribution >= 4 is 23.6 Å². The van der Waals surface area contributed by atoms with Crippen molar-refractivity contribution in [3.63, 3.8) is 0 Å². The summed E-state index contributed by atoms with van der Waals surface area (Å²) in [5, 5.41) is 2.85. The Morgan fingerprint density at radius 3 is 2.58 bits per heavy atom. The molecule has 4 nitrogen and oxygen atoms in total. The molecule has 1 saturated carbocycles. The molecule has 1 heterocycles. The normalized spacial score (nSPS) is 29.9. The number of piperazine rings is 1. The van der Waals surface area contributed by atoms with Gasteiger partial charge in [-0.1, -0.05) is 19.8 Å². The van der Waals surface area contributed by atoms with Crippen molar-refractivity contribution in [3.8, 4) is 0 Å². The van der Waals surface area contributed by atoms with E-state index in [0.717, 1.165) is 32.2 Å². The first-order valence-corrected chi connectivity index (χ1v) is 8.41. The Balaban J connectivity index is 2.11. The van der Waals surface area contributed by atoms with Gasteiger partial charge in [0.05, 0.1) is 0 Å². The highest BCUT2D eigenvalue weighted by Crippen LogP contribution is 2.43. The number of nitrogens with one attached hydrogen (secondary N) is 1. The third-order valence-electron chi connectivity index (χ3n) is 4.48. The molecular formula is C14H24N2O2S. The van der Waals surface area contributed by atoms with E-state index in [9.17, 15) is 9.59 Å². The summed E-state index contributed by atoms with van der Waals surface area (Å²) in [7, 11) is 0. The fourth-order valence-corrected chi connectivity index (χ4v) is 3.86. The van der Waals surface area contributed by atoms with Crippen molar-refractivity contribution in [3.05, 3.63) is 0 Å². The summed E-state index contributed by atoms with van der Waals surface area (Å²) in [4.78, 5) is 26.3. The van der Waals surface area contributed by atoms with Crippen LogP contribution in [0.25, 0.3) is 0 Å². The monoisotopic (exact) mass is 284 g/mol. The number of nitrogens with zero attached hydrogens (tertiary/aromatic N) is 1. The summed E-state index contributed by atoms with van der Waals surface area (Å²) in [5.41, 5.74) is 0. The van der Waals surface area contributed by atoms with Gasteiger partial charge in [-0.05, 0) is 32.4 Å². The lowest BCUT2D eigenvalue weighted by molar-refractivity contribution is -0.149. The van der Waals surface area contributed by atoms with E-state index in [1.54, 1.807) is 0 Å². The van der Waals surface area contributed by atoms with Crippen LogP contribution in [-0.4, -0.2) is 46.3 Å². The quantitative estimate of drug-likeness (QED) is 0.837. The van der Waals surface area contributed by atoms with E-state index in [1.165, 1.54) is 6.42 Å². The van der Waals surface area contributed by atoms with Crippen LogP contribution in [0.2, 0.25) is 0 Å². The predicted octanol–water partition coefficient (Wildman–Crippen LogP) is 1.79. The Bertz CT molecular complexity index is 363. The maximum Gasteiger partial charge on any atom is 0.245 e. The molecule has 2 rings (SSSR count). The fourth-order valence-electron chi connectivity index (χ4n) is 2.89. The maximum absolute atomic E-state index is 12.5. The molecule has 1 aliphatic carbocycles. The summed E-state index contributed by atoms with van der Waals surface area (Å²) in [6, 6.07) is -0.641. The second-order valence-corrected chi connectivity index (χ2v) is 7.01. The topological polar surface area (TPSA) is 49.4 Å². The zero-order valence-electron chi connectivity index (χ0n) is 12.1. The number of carbonyl (C=O) groups excluding carboxylic acids is 2. The van der Waals surface area contributed by atoms with Crippen molar-refractivity contribution in [2.24, 2.45) is 0 Å². The number of rotatable bonds is 5. The van der Waals surface area contributed by atoms with Crippen molar-refractivity contribution < 1.29 is 9.59 Å². The molecule has 2 aliphatic rings. The highest BCUT2D eigenvalue weighted by Gasteiger charge is 2.44. The summed E-state index contributed by atoms with van der Waals surface area (Å²) in [6.45, 7) is 4.60. The van der Waals surface area contributed by atoms with Crippen LogP contribution in [0, 0.1) is 0 Å². The molecule has 1 N–H and O–H groups in total. The van der Waals surface area contributed by atoms with Gasteiger partial charge in [0.25, 0.3) is 0 Å². The van der Waals surface area contributed by atoms with E-state index in [4.69, 9.17) is 0 Å². The third-order valence-corrected chi connectivity index (χ3v) is 5.88. The average molecular weight is 284 g/mol. The maximum atomic E-state index is 12.5. The number of hydrogen-bond acceptors (Lipinski definition) is 3. The van der Waals surface area contributed by atoms with Crippen LogP contribution >= 0.6 is 11.8 Å². The highest BCUT2D eigenvalue weighted by atomic mass is 32.2. The van der Waals surface area contributed by atoms with E-state index >= 15 is 0 Å². The first-order chi connectivity index (χ1) is 9.03. The lowest BCUT2D eigenvalue weighted by Gasteiger charge is -2.47. The molecule has 0 aromatic heterocycles. The molecule has 2 fully saturated rings. The molecule has 0 aromatic rings. The first-order valence-electron chi connectivity index (χ1n) is 7.19. The second kappa shape index (κ2) is 5.73. The van der Waals surface area contributed by atoms with Crippen molar-refractivity contribution in [1.29, 1.82) is 0 Å². The van der Waals surface area contributed by atoms with Crippen LogP contribution < -0.4 is 5.32 Å². The Morgan fingerprint density at radius 1 is 1.42 bits per heavy atom. The first kappa shape index (κ1) is 14.7.